The Balaban J connectivity index is 2.69. The summed E-state index contributed by atoms with van der Waals surface area (Å²) in [5, 5.41) is 10.2. The van der Waals surface area contributed by atoms with Crippen molar-refractivity contribution in [2.45, 2.75) is 58.5 Å². The van der Waals surface area contributed by atoms with Crippen LogP contribution in [0.25, 0.3) is 0 Å². The van der Waals surface area contributed by atoms with Gasteiger partial charge in [-0.05, 0) is 46.9 Å². The zero-order valence-electron chi connectivity index (χ0n) is 10.8. The predicted molar refractivity (Wildman–Crippen MR) is 67.8 cm³/mol. The van der Waals surface area contributed by atoms with Crippen LogP contribution in [-0.2, 0) is 18.3 Å². The Labute approximate surface area is 98.5 Å². The van der Waals surface area contributed by atoms with Crippen LogP contribution in [-0.4, -0.2) is 5.11 Å². The molecule has 0 bridgehead atoms. The molecule has 1 atom stereocenters. The smallest absolute Gasteiger partial charge is 0.0804 e. The summed E-state index contributed by atoms with van der Waals surface area (Å²) in [6, 6.07) is 4.44. The van der Waals surface area contributed by atoms with Crippen molar-refractivity contribution in [2.24, 2.45) is 0 Å². The van der Waals surface area contributed by atoms with E-state index in [-0.39, 0.29) is 11.5 Å². The highest BCUT2D eigenvalue weighted by molar-refractivity contribution is 5.50. The summed E-state index contributed by atoms with van der Waals surface area (Å²) in [6.07, 6.45) is 2.68. The van der Waals surface area contributed by atoms with Gasteiger partial charge in [0.1, 0.15) is 0 Å². The van der Waals surface area contributed by atoms with Crippen molar-refractivity contribution >= 4 is 0 Å². The van der Waals surface area contributed by atoms with Gasteiger partial charge in [-0.1, -0.05) is 39.8 Å². The number of aliphatic hydroxyl groups excluding tert-OH is 1. The van der Waals surface area contributed by atoms with Crippen molar-refractivity contribution < 1.29 is 5.11 Å². The van der Waals surface area contributed by atoms with Crippen LogP contribution in [0.2, 0.25) is 0 Å². The SMILES string of the molecule is CCc1ccc(CC)c2c1[C@H](O)CC2(C)C. The van der Waals surface area contributed by atoms with Crippen molar-refractivity contribution in [3.05, 3.63) is 34.4 Å². The number of benzene rings is 1. The molecular formula is C15H22O. The van der Waals surface area contributed by atoms with Gasteiger partial charge in [0.2, 0.25) is 0 Å². The summed E-state index contributed by atoms with van der Waals surface area (Å²) in [5.74, 6) is 0. The van der Waals surface area contributed by atoms with Crippen LogP contribution in [0, 0.1) is 0 Å². The Kier molecular flexibility index (Phi) is 2.83. The molecule has 0 radical (unpaired) electrons. The van der Waals surface area contributed by atoms with Crippen LogP contribution in [0.1, 0.15) is 62.5 Å². The Morgan fingerprint density at radius 1 is 1.19 bits per heavy atom. The average molecular weight is 218 g/mol. The summed E-state index contributed by atoms with van der Waals surface area (Å²) in [7, 11) is 0. The fraction of sp³-hybridized carbons (Fsp3) is 0.600. The maximum absolute atomic E-state index is 10.2. The monoisotopic (exact) mass is 218 g/mol. The zero-order chi connectivity index (χ0) is 11.9. The van der Waals surface area contributed by atoms with Gasteiger partial charge in [-0.15, -0.1) is 0 Å². The minimum atomic E-state index is -0.258. The third kappa shape index (κ3) is 1.58. The molecule has 0 saturated carbocycles. The van der Waals surface area contributed by atoms with Gasteiger partial charge in [-0.25, -0.2) is 0 Å². The van der Waals surface area contributed by atoms with Crippen molar-refractivity contribution in [1.29, 1.82) is 0 Å². The second-order valence-corrected chi connectivity index (χ2v) is 5.48. The first-order valence-electron chi connectivity index (χ1n) is 6.34. The van der Waals surface area contributed by atoms with Crippen LogP contribution in [0.5, 0.6) is 0 Å². The number of hydrogen-bond donors (Lipinski definition) is 1. The molecule has 0 heterocycles. The van der Waals surface area contributed by atoms with Crippen LogP contribution in [0.4, 0.5) is 0 Å². The Morgan fingerprint density at radius 3 is 2.31 bits per heavy atom. The first-order chi connectivity index (χ1) is 7.51. The van der Waals surface area contributed by atoms with Gasteiger partial charge >= 0.3 is 0 Å². The van der Waals surface area contributed by atoms with Crippen LogP contribution in [0.3, 0.4) is 0 Å². The lowest BCUT2D eigenvalue weighted by molar-refractivity contribution is 0.161. The van der Waals surface area contributed by atoms with E-state index in [2.05, 4.69) is 39.8 Å². The topological polar surface area (TPSA) is 20.2 Å². The Hall–Kier alpha value is -0.820. The lowest BCUT2D eigenvalue weighted by Crippen LogP contribution is -2.15. The number of aryl methyl sites for hydroxylation is 2. The molecule has 0 amide bonds. The summed E-state index contributed by atoms with van der Waals surface area (Å²) in [6.45, 7) is 8.86. The summed E-state index contributed by atoms with van der Waals surface area (Å²) in [4.78, 5) is 0. The number of fused-ring (bicyclic) bond motifs is 1. The standard InChI is InChI=1S/C15H22O/c1-5-10-7-8-11(6-2)14-13(10)12(16)9-15(14,3)4/h7-8,12,16H,5-6,9H2,1-4H3/t12-/m1/s1. The van der Waals surface area contributed by atoms with Crippen molar-refractivity contribution in [3.8, 4) is 0 Å². The van der Waals surface area contributed by atoms with E-state index < -0.39 is 0 Å². The van der Waals surface area contributed by atoms with Crippen molar-refractivity contribution in [2.75, 3.05) is 0 Å². The lowest BCUT2D eigenvalue weighted by Gasteiger charge is -2.22. The van der Waals surface area contributed by atoms with Crippen LogP contribution in [0.15, 0.2) is 12.1 Å². The Bertz CT molecular complexity index is 404. The summed E-state index contributed by atoms with van der Waals surface area (Å²) >= 11 is 0. The molecule has 0 aliphatic heterocycles. The minimum absolute atomic E-state index is 0.130. The number of aliphatic hydroxyl groups is 1. The highest BCUT2D eigenvalue weighted by atomic mass is 16.3. The second kappa shape index (κ2) is 3.89. The molecular weight excluding hydrogens is 196 g/mol. The molecule has 16 heavy (non-hydrogen) atoms. The molecule has 1 heteroatoms. The van der Waals surface area contributed by atoms with Gasteiger partial charge in [0.15, 0.2) is 0 Å². The van der Waals surface area contributed by atoms with E-state index in [1.54, 1.807) is 0 Å². The van der Waals surface area contributed by atoms with E-state index in [4.69, 9.17) is 0 Å². The fourth-order valence-corrected chi connectivity index (χ4v) is 3.18. The summed E-state index contributed by atoms with van der Waals surface area (Å²) in [5.41, 5.74) is 5.51. The third-order valence-corrected chi connectivity index (χ3v) is 3.90. The van der Waals surface area contributed by atoms with Gasteiger partial charge in [0.05, 0.1) is 6.10 Å². The average Bonchev–Trinajstić information content (AvgIpc) is 2.49. The quantitative estimate of drug-likeness (QED) is 0.805. The van der Waals surface area contributed by atoms with E-state index in [1.807, 2.05) is 0 Å². The van der Waals surface area contributed by atoms with Gasteiger partial charge < -0.3 is 5.11 Å². The molecule has 0 fully saturated rings. The van der Waals surface area contributed by atoms with E-state index in [0.717, 1.165) is 19.3 Å². The molecule has 0 saturated heterocycles. The maximum Gasteiger partial charge on any atom is 0.0804 e. The normalized spacial score (nSPS) is 22.2. The molecule has 1 nitrogen and oxygen atoms in total. The molecule has 2 rings (SSSR count). The first-order valence-corrected chi connectivity index (χ1v) is 6.34. The van der Waals surface area contributed by atoms with Gasteiger partial charge in [0, 0.05) is 0 Å². The van der Waals surface area contributed by atoms with Crippen LogP contribution >= 0.6 is 0 Å². The highest BCUT2D eigenvalue weighted by Gasteiger charge is 2.38. The largest absolute Gasteiger partial charge is 0.388 e. The maximum atomic E-state index is 10.2. The predicted octanol–water partition coefficient (Wildman–Crippen LogP) is 3.53. The van der Waals surface area contributed by atoms with Crippen LogP contribution < -0.4 is 0 Å². The third-order valence-electron chi connectivity index (χ3n) is 3.90. The zero-order valence-corrected chi connectivity index (χ0v) is 10.8. The van der Waals surface area contributed by atoms with Gasteiger partial charge in [0.25, 0.3) is 0 Å². The highest BCUT2D eigenvalue weighted by Crippen LogP contribution is 2.47. The molecule has 88 valence electrons. The van der Waals surface area contributed by atoms with E-state index in [0.29, 0.717) is 0 Å². The minimum Gasteiger partial charge on any atom is -0.388 e. The molecule has 1 N–H and O–H groups in total. The lowest BCUT2D eigenvalue weighted by atomic mass is 9.82. The van der Waals surface area contributed by atoms with E-state index in [1.165, 1.54) is 22.3 Å². The van der Waals surface area contributed by atoms with Crippen molar-refractivity contribution in [1.82, 2.24) is 0 Å². The van der Waals surface area contributed by atoms with E-state index >= 15 is 0 Å². The molecule has 1 aliphatic rings. The molecule has 1 aliphatic carbocycles. The van der Waals surface area contributed by atoms with E-state index in [9.17, 15) is 5.11 Å². The Morgan fingerprint density at radius 2 is 1.75 bits per heavy atom. The fourth-order valence-electron chi connectivity index (χ4n) is 3.18. The molecule has 1 aromatic carbocycles. The van der Waals surface area contributed by atoms with Gasteiger partial charge in [-0.3, -0.25) is 0 Å². The van der Waals surface area contributed by atoms with Gasteiger partial charge in [-0.2, -0.15) is 0 Å². The van der Waals surface area contributed by atoms with Crippen molar-refractivity contribution in [3.63, 3.8) is 0 Å². The molecule has 0 unspecified atom stereocenters. The molecule has 1 aromatic rings. The summed E-state index contributed by atoms with van der Waals surface area (Å²) < 4.78 is 0. The number of hydrogen-bond acceptors (Lipinski definition) is 1. The number of rotatable bonds is 2. The first kappa shape index (κ1) is 11.7. The second-order valence-electron chi connectivity index (χ2n) is 5.48. The molecule has 0 spiro atoms. The molecule has 0 aromatic heterocycles.